The molecule has 4 nitrogen and oxygen atoms in total. The average molecular weight is 305 g/mol. The maximum atomic E-state index is 11.9. The Kier molecular flexibility index (Phi) is 6.26. The van der Waals surface area contributed by atoms with E-state index in [2.05, 4.69) is 12.2 Å². The highest BCUT2D eigenvalue weighted by Gasteiger charge is 2.21. The van der Waals surface area contributed by atoms with Crippen molar-refractivity contribution in [2.45, 2.75) is 38.6 Å². The Morgan fingerprint density at radius 3 is 2.79 bits per heavy atom. The highest BCUT2D eigenvalue weighted by molar-refractivity contribution is 7.16. The van der Waals surface area contributed by atoms with Crippen molar-refractivity contribution in [3.8, 4) is 0 Å². The Bertz CT molecular complexity index is 448. The number of amides is 1. The van der Waals surface area contributed by atoms with Crippen LogP contribution in [0.4, 0.5) is 5.00 Å². The number of hydrogen-bond donors (Lipinski definition) is 2. The van der Waals surface area contributed by atoms with E-state index >= 15 is 0 Å². The normalized spacial score (nSPS) is 15.3. The summed E-state index contributed by atoms with van der Waals surface area (Å²) in [5.74, 6) is -0.168. The van der Waals surface area contributed by atoms with Gasteiger partial charge in [-0.2, -0.15) is 0 Å². The average Bonchev–Trinajstić information content (AvgIpc) is 2.67. The second kappa shape index (κ2) is 7.24. The summed E-state index contributed by atoms with van der Waals surface area (Å²) in [6.45, 7) is 2.33. The van der Waals surface area contributed by atoms with Crippen LogP contribution in [0.15, 0.2) is 0 Å². The Morgan fingerprint density at radius 2 is 2.16 bits per heavy atom. The van der Waals surface area contributed by atoms with Crippen LogP contribution in [0.1, 0.15) is 28.8 Å². The summed E-state index contributed by atoms with van der Waals surface area (Å²) < 4.78 is 4.89. The maximum absolute atomic E-state index is 11.9. The Balaban J connectivity index is 0.00000180. The first-order chi connectivity index (χ1) is 8.63. The molecule has 3 N–H and O–H groups in total. The Morgan fingerprint density at radius 1 is 1.47 bits per heavy atom. The number of halogens is 1. The molecule has 1 aromatic heterocycles. The van der Waals surface area contributed by atoms with Gasteiger partial charge in [0.2, 0.25) is 5.91 Å². The van der Waals surface area contributed by atoms with Crippen LogP contribution in [0.2, 0.25) is 0 Å². The molecule has 0 bridgehead atoms. The standard InChI is InChI=1S/C13H20N2O2S.ClH/c1-8-9-5-3-4-6-11(9)18-13(8)15-12(16)10(14)7-17-2;/h10H,3-7,14H2,1-2H3,(H,15,16);1H. The summed E-state index contributed by atoms with van der Waals surface area (Å²) in [7, 11) is 1.54. The number of aryl methyl sites for hydroxylation is 1. The number of fused-ring (bicyclic) bond motifs is 1. The molecule has 1 heterocycles. The van der Waals surface area contributed by atoms with Crippen LogP contribution in [0.25, 0.3) is 0 Å². The molecule has 0 saturated carbocycles. The minimum absolute atomic E-state index is 0. The monoisotopic (exact) mass is 304 g/mol. The van der Waals surface area contributed by atoms with Gasteiger partial charge < -0.3 is 15.8 Å². The molecule has 1 atom stereocenters. The largest absolute Gasteiger partial charge is 0.383 e. The predicted octanol–water partition coefficient (Wildman–Crippen LogP) is 2.27. The third kappa shape index (κ3) is 3.69. The Labute approximate surface area is 124 Å². The van der Waals surface area contributed by atoms with E-state index in [1.165, 1.54) is 28.8 Å². The first kappa shape index (κ1) is 16.4. The molecule has 1 aromatic rings. The molecular weight excluding hydrogens is 284 g/mol. The van der Waals surface area contributed by atoms with E-state index in [1.54, 1.807) is 18.4 Å². The van der Waals surface area contributed by atoms with Gasteiger partial charge in [-0.1, -0.05) is 0 Å². The van der Waals surface area contributed by atoms with Gasteiger partial charge in [-0.05, 0) is 43.7 Å². The molecule has 1 amide bonds. The lowest BCUT2D eigenvalue weighted by Gasteiger charge is -2.11. The molecule has 0 radical (unpaired) electrons. The number of ether oxygens (including phenoxy) is 1. The van der Waals surface area contributed by atoms with Crippen LogP contribution in [0.5, 0.6) is 0 Å². The number of carbonyl (C=O) groups excluding carboxylic acids is 1. The molecule has 0 saturated heterocycles. The number of rotatable bonds is 4. The van der Waals surface area contributed by atoms with Gasteiger partial charge in [0.1, 0.15) is 6.04 Å². The van der Waals surface area contributed by atoms with Gasteiger partial charge >= 0.3 is 0 Å². The van der Waals surface area contributed by atoms with E-state index < -0.39 is 6.04 Å². The van der Waals surface area contributed by atoms with Crippen LogP contribution < -0.4 is 11.1 Å². The topological polar surface area (TPSA) is 64.3 Å². The second-order valence-electron chi connectivity index (χ2n) is 4.72. The minimum Gasteiger partial charge on any atom is -0.383 e. The zero-order valence-corrected chi connectivity index (χ0v) is 13.0. The van der Waals surface area contributed by atoms with E-state index in [9.17, 15) is 4.79 Å². The van der Waals surface area contributed by atoms with Gasteiger partial charge in [0.05, 0.1) is 11.6 Å². The van der Waals surface area contributed by atoms with Crippen LogP contribution >= 0.6 is 23.7 Å². The zero-order valence-electron chi connectivity index (χ0n) is 11.3. The third-order valence-electron chi connectivity index (χ3n) is 3.36. The number of carbonyl (C=O) groups is 1. The lowest BCUT2D eigenvalue weighted by molar-refractivity contribution is -0.118. The Hall–Kier alpha value is -0.620. The lowest BCUT2D eigenvalue weighted by Crippen LogP contribution is -2.39. The van der Waals surface area contributed by atoms with Crippen LogP contribution in [0, 0.1) is 6.92 Å². The number of methoxy groups -OCH3 is 1. The molecule has 1 aliphatic rings. The summed E-state index contributed by atoms with van der Waals surface area (Å²) in [5, 5.41) is 3.88. The van der Waals surface area contributed by atoms with Crippen molar-refractivity contribution in [3.63, 3.8) is 0 Å². The van der Waals surface area contributed by atoms with Gasteiger partial charge in [-0.3, -0.25) is 4.79 Å². The SMILES string of the molecule is COCC(N)C(=O)Nc1sc2c(c1C)CCCC2.Cl. The van der Waals surface area contributed by atoms with Crippen molar-refractivity contribution in [2.75, 3.05) is 19.0 Å². The minimum atomic E-state index is -0.603. The molecule has 1 unspecified atom stereocenters. The van der Waals surface area contributed by atoms with E-state index in [4.69, 9.17) is 10.5 Å². The molecule has 0 fully saturated rings. The summed E-state index contributed by atoms with van der Waals surface area (Å²) in [5.41, 5.74) is 8.36. The van der Waals surface area contributed by atoms with Crippen LogP contribution in [-0.2, 0) is 22.4 Å². The highest BCUT2D eigenvalue weighted by atomic mass is 35.5. The molecule has 0 spiro atoms. The van der Waals surface area contributed by atoms with Crippen molar-refractivity contribution in [2.24, 2.45) is 5.73 Å². The van der Waals surface area contributed by atoms with Crippen LogP contribution in [0.3, 0.4) is 0 Å². The van der Waals surface area contributed by atoms with Gasteiger partial charge in [-0.15, -0.1) is 23.7 Å². The smallest absolute Gasteiger partial charge is 0.244 e. The lowest BCUT2D eigenvalue weighted by atomic mass is 9.96. The molecule has 2 rings (SSSR count). The highest BCUT2D eigenvalue weighted by Crippen LogP contribution is 2.37. The van der Waals surface area contributed by atoms with Gasteiger partial charge in [0, 0.05) is 12.0 Å². The van der Waals surface area contributed by atoms with E-state index in [-0.39, 0.29) is 24.9 Å². The van der Waals surface area contributed by atoms with E-state index in [1.807, 2.05) is 0 Å². The van der Waals surface area contributed by atoms with E-state index in [0.29, 0.717) is 0 Å². The first-order valence-corrected chi connectivity index (χ1v) is 7.11. The fourth-order valence-corrected chi connectivity index (χ4v) is 3.60. The number of nitrogens with one attached hydrogen (secondary N) is 1. The summed E-state index contributed by atoms with van der Waals surface area (Å²) >= 11 is 1.70. The third-order valence-corrected chi connectivity index (χ3v) is 4.66. The predicted molar refractivity (Wildman–Crippen MR) is 81.4 cm³/mol. The molecule has 1 aliphatic carbocycles. The van der Waals surface area contributed by atoms with Crippen LogP contribution in [-0.4, -0.2) is 25.7 Å². The molecule has 19 heavy (non-hydrogen) atoms. The molecular formula is C13H21ClN2O2S. The van der Waals surface area contributed by atoms with Gasteiger partial charge in [-0.25, -0.2) is 0 Å². The summed E-state index contributed by atoms with van der Waals surface area (Å²) in [6, 6.07) is -0.603. The van der Waals surface area contributed by atoms with Crippen molar-refractivity contribution >= 4 is 34.7 Å². The number of anilines is 1. The summed E-state index contributed by atoms with van der Waals surface area (Å²) in [4.78, 5) is 13.3. The first-order valence-electron chi connectivity index (χ1n) is 6.30. The fourth-order valence-electron chi connectivity index (χ4n) is 2.30. The van der Waals surface area contributed by atoms with Gasteiger partial charge in [0.15, 0.2) is 0 Å². The number of hydrogen-bond acceptors (Lipinski definition) is 4. The fraction of sp³-hybridized carbons (Fsp3) is 0.615. The van der Waals surface area contributed by atoms with E-state index in [0.717, 1.165) is 17.8 Å². The quantitative estimate of drug-likeness (QED) is 0.897. The molecule has 108 valence electrons. The summed E-state index contributed by atoms with van der Waals surface area (Å²) in [6.07, 6.45) is 4.78. The maximum Gasteiger partial charge on any atom is 0.244 e. The number of nitrogens with two attached hydrogens (primary N) is 1. The molecule has 0 aromatic carbocycles. The van der Waals surface area contributed by atoms with Crippen molar-refractivity contribution in [3.05, 3.63) is 16.0 Å². The van der Waals surface area contributed by atoms with Gasteiger partial charge in [0.25, 0.3) is 0 Å². The molecule has 6 heteroatoms. The van der Waals surface area contributed by atoms with Crippen molar-refractivity contribution < 1.29 is 9.53 Å². The second-order valence-corrected chi connectivity index (χ2v) is 5.82. The molecule has 0 aliphatic heterocycles. The van der Waals surface area contributed by atoms with Crippen molar-refractivity contribution in [1.29, 1.82) is 0 Å². The van der Waals surface area contributed by atoms with Crippen molar-refractivity contribution in [1.82, 2.24) is 0 Å². The zero-order chi connectivity index (χ0) is 13.1. The number of thiophene rings is 1.